The van der Waals surface area contributed by atoms with E-state index >= 15 is 0 Å². The average molecular weight is 519 g/mol. The van der Waals surface area contributed by atoms with Crippen molar-refractivity contribution in [3.63, 3.8) is 0 Å². The Balaban J connectivity index is 1.86. The molecule has 0 aliphatic rings. The molecule has 0 unspecified atom stereocenters. The smallest absolute Gasteiger partial charge is 0.120 e. The zero-order valence-electron chi connectivity index (χ0n) is 22.4. The van der Waals surface area contributed by atoms with Gasteiger partial charge in [0.2, 0.25) is 0 Å². The van der Waals surface area contributed by atoms with E-state index in [1.165, 1.54) is 0 Å². The summed E-state index contributed by atoms with van der Waals surface area (Å²) in [5.41, 5.74) is 10.8. The number of aromatic hydroxyl groups is 2. The zero-order valence-corrected chi connectivity index (χ0v) is 22.4. The number of rotatable bonds is 6. The first-order valence-electron chi connectivity index (χ1n) is 13.6. The maximum absolute atomic E-state index is 11.4. The molecule has 0 atom stereocenters. The molecule has 0 spiro atoms. The van der Waals surface area contributed by atoms with Gasteiger partial charge in [0.15, 0.2) is 0 Å². The van der Waals surface area contributed by atoms with E-state index in [1.54, 1.807) is 0 Å². The van der Waals surface area contributed by atoms with Crippen molar-refractivity contribution in [2.75, 3.05) is 0 Å². The van der Waals surface area contributed by atoms with Crippen LogP contribution in [-0.4, -0.2) is 10.2 Å². The second-order valence-corrected chi connectivity index (χ2v) is 9.91. The number of phenolic OH excluding ortho intramolecular Hbond substituents is 2. The van der Waals surface area contributed by atoms with Crippen LogP contribution in [0.25, 0.3) is 55.6 Å². The Kier molecular flexibility index (Phi) is 6.91. The van der Waals surface area contributed by atoms with Crippen LogP contribution in [0.3, 0.4) is 0 Å². The monoisotopic (exact) mass is 518 g/mol. The lowest BCUT2D eigenvalue weighted by Crippen LogP contribution is -2.00. The summed E-state index contributed by atoms with van der Waals surface area (Å²) in [6.45, 7) is 2.08. The van der Waals surface area contributed by atoms with Gasteiger partial charge in [-0.3, -0.25) is 0 Å². The molecule has 0 fully saturated rings. The predicted octanol–water partition coefficient (Wildman–Crippen LogP) is 10.00. The topological polar surface area (TPSA) is 40.5 Å². The van der Waals surface area contributed by atoms with Crippen molar-refractivity contribution < 1.29 is 10.2 Å². The van der Waals surface area contributed by atoms with E-state index in [2.05, 4.69) is 55.5 Å². The van der Waals surface area contributed by atoms with Crippen LogP contribution in [-0.2, 0) is 6.42 Å². The molecule has 6 rings (SSSR count). The lowest BCUT2D eigenvalue weighted by molar-refractivity contribution is 0.469. The van der Waals surface area contributed by atoms with Crippen molar-refractivity contribution in [1.29, 1.82) is 0 Å². The summed E-state index contributed by atoms with van der Waals surface area (Å²) in [5, 5.41) is 22.5. The van der Waals surface area contributed by atoms with Gasteiger partial charge < -0.3 is 10.2 Å². The maximum Gasteiger partial charge on any atom is 0.120 e. The third kappa shape index (κ3) is 4.65. The minimum atomic E-state index is 0.207. The molecule has 0 radical (unpaired) electrons. The first-order chi connectivity index (χ1) is 19.7. The first-order valence-corrected chi connectivity index (χ1v) is 13.6. The Hall–Kier alpha value is -5.08. The molecule has 0 saturated carbocycles. The van der Waals surface area contributed by atoms with Gasteiger partial charge in [-0.25, -0.2) is 0 Å². The molecule has 0 heterocycles. The summed E-state index contributed by atoms with van der Waals surface area (Å²) in [7, 11) is 0. The molecule has 0 saturated heterocycles. The number of phenols is 2. The van der Waals surface area contributed by atoms with Gasteiger partial charge in [0.1, 0.15) is 11.5 Å². The molecule has 194 valence electrons. The second kappa shape index (κ2) is 11.0. The Labute approximate surface area is 235 Å². The molecule has 2 heteroatoms. The van der Waals surface area contributed by atoms with Crippen molar-refractivity contribution in [3.05, 3.63) is 145 Å². The SMILES string of the molecule is CCc1c(O)cc(-c2ccccc2)c(-c2c(-c3ccccc3)cc(O)cc2-c2ccccc2)c1-c1ccccc1. The quantitative estimate of drug-likeness (QED) is 0.230. The molecule has 0 amide bonds. The van der Waals surface area contributed by atoms with Gasteiger partial charge in [0.05, 0.1) is 0 Å². The second-order valence-electron chi connectivity index (χ2n) is 9.91. The molecule has 0 aliphatic carbocycles. The molecule has 0 aromatic heterocycles. The summed E-state index contributed by atoms with van der Waals surface area (Å²) in [6.07, 6.45) is 0.664. The third-order valence-corrected chi connectivity index (χ3v) is 7.45. The minimum absolute atomic E-state index is 0.207. The van der Waals surface area contributed by atoms with Crippen molar-refractivity contribution in [2.45, 2.75) is 13.3 Å². The molecular formula is C38H30O2. The standard InChI is InChI=1S/C38H30O2/c1-2-31-35(40)25-34(28-19-11-5-12-20-28)38(36(31)29-21-13-6-14-22-29)37-32(26-15-7-3-8-16-26)23-30(39)24-33(37)27-17-9-4-10-18-27/h3-25,39-40H,2H2,1H3. The number of hydrogen-bond donors (Lipinski definition) is 2. The minimum Gasteiger partial charge on any atom is -0.508 e. The number of benzene rings is 6. The fourth-order valence-corrected chi connectivity index (χ4v) is 5.68. The van der Waals surface area contributed by atoms with Crippen LogP contribution in [0.1, 0.15) is 12.5 Å². The van der Waals surface area contributed by atoms with Gasteiger partial charge in [-0.05, 0) is 80.3 Å². The Morgan fingerprint density at radius 3 is 1.20 bits per heavy atom. The van der Waals surface area contributed by atoms with E-state index in [0.29, 0.717) is 6.42 Å². The first kappa shape index (κ1) is 25.2. The van der Waals surface area contributed by atoms with E-state index in [1.807, 2.05) is 91.0 Å². The van der Waals surface area contributed by atoms with Gasteiger partial charge in [-0.2, -0.15) is 0 Å². The summed E-state index contributed by atoms with van der Waals surface area (Å²) in [5.74, 6) is 0.490. The van der Waals surface area contributed by atoms with Gasteiger partial charge in [0, 0.05) is 5.56 Å². The van der Waals surface area contributed by atoms with Crippen LogP contribution in [0.4, 0.5) is 0 Å². The molecule has 6 aromatic carbocycles. The largest absolute Gasteiger partial charge is 0.508 e. The molecule has 2 N–H and O–H groups in total. The Morgan fingerprint density at radius 2 is 0.800 bits per heavy atom. The lowest BCUT2D eigenvalue weighted by atomic mass is 9.78. The highest BCUT2D eigenvalue weighted by atomic mass is 16.3. The van der Waals surface area contributed by atoms with Crippen molar-refractivity contribution in [2.24, 2.45) is 0 Å². The summed E-state index contributed by atoms with van der Waals surface area (Å²) in [6, 6.07) is 46.6. The molecular weight excluding hydrogens is 488 g/mol. The predicted molar refractivity (Wildman–Crippen MR) is 166 cm³/mol. The summed E-state index contributed by atoms with van der Waals surface area (Å²) in [4.78, 5) is 0. The highest BCUT2D eigenvalue weighted by Gasteiger charge is 2.26. The van der Waals surface area contributed by atoms with E-state index in [4.69, 9.17) is 0 Å². The van der Waals surface area contributed by atoms with E-state index in [-0.39, 0.29) is 11.5 Å². The normalized spacial score (nSPS) is 10.9. The highest BCUT2D eigenvalue weighted by molar-refractivity contribution is 6.07. The lowest BCUT2D eigenvalue weighted by Gasteiger charge is -2.25. The van der Waals surface area contributed by atoms with Crippen LogP contribution in [0.5, 0.6) is 11.5 Å². The number of hydrogen-bond acceptors (Lipinski definition) is 2. The fraction of sp³-hybridized carbons (Fsp3) is 0.0526. The fourth-order valence-electron chi connectivity index (χ4n) is 5.68. The zero-order chi connectivity index (χ0) is 27.5. The maximum atomic E-state index is 11.4. The molecule has 2 nitrogen and oxygen atoms in total. The average Bonchev–Trinajstić information content (AvgIpc) is 3.02. The Morgan fingerprint density at radius 1 is 0.425 bits per heavy atom. The van der Waals surface area contributed by atoms with E-state index < -0.39 is 0 Å². The molecule has 0 bridgehead atoms. The van der Waals surface area contributed by atoms with Gasteiger partial charge in [-0.15, -0.1) is 0 Å². The van der Waals surface area contributed by atoms with Crippen molar-refractivity contribution in [3.8, 4) is 67.1 Å². The molecule has 6 aromatic rings. The van der Waals surface area contributed by atoms with Crippen LogP contribution < -0.4 is 0 Å². The van der Waals surface area contributed by atoms with Crippen LogP contribution in [0.2, 0.25) is 0 Å². The summed E-state index contributed by atoms with van der Waals surface area (Å²) < 4.78 is 0. The Bertz CT molecular complexity index is 1700. The van der Waals surface area contributed by atoms with Crippen LogP contribution >= 0.6 is 0 Å². The summed E-state index contributed by atoms with van der Waals surface area (Å²) >= 11 is 0. The van der Waals surface area contributed by atoms with Gasteiger partial charge >= 0.3 is 0 Å². The highest BCUT2D eigenvalue weighted by Crippen LogP contribution is 2.52. The molecule has 40 heavy (non-hydrogen) atoms. The van der Waals surface area contributed by atoms with Crippen LogP contribution in [0, 0.1) is 0 Å². The van der Waals surface area contributed by atoms with E-state index in [9.17, 15) is 10.2 Å². The van der Waals surface area contributed by atoms with Crippen molar-refractivity contribution >= 4 is 0 Å². The molecule has 0 aliphatic heterocycles. The van der Waals surface area contributed by atoms with Crippen molar-refractivity contribution in [1.82, 2.24) is 0 Å². The van der Waals surface area contributed by atoms with Crippen LogP contribution in [0.15, 0.2) is 140 Å². The third-order valence-electron chi connectivity index (χ3n) is 7.45. The van der Waals surface area contributed by atoms with E-state index in [0.717, 1.165) is 61.2 Å². The van der Waals surface area contributed by atoms with Gasteiger partial charge in [-0.1, -0.05) is 128 Å². The van der Waals surface area contributed by atoms with Gasteiger partial charge in [0.25, 0.3) is 0 Å².